The molecule has 2 heterocycles. The molecule has 1 N–H and O–H groups in total. The van der Waals surface area contributed by atoms with E-state index in [0.717, 1.165) is 44.2 Å². The highest BCUT2D eigenvalue weighted by Crippen LogP contribution is 2.29. The van der Waals surface area contributed by atoms with Gasteiger partial charge in [-0.2, -0.15) is 0 Å². The summed E-state index contributed by atoms with van der Waals surface area (Å²) in [5.74, 6) is 1.45. The number of methoxy groups -OCH3 is 1. The average molecular weight is 364 g/mol. The Morgan fingerprint density at radius 3 is 2.42 bits per heavy atom. The molecular weight excluding hydrogens is 330 g/mol. The summed E-state index contributed by atoms with van der Waals surface area (Å²) in [6.45, 7) is 8.35. The Balaban J connectivity index is 1.51. The first kappa shape index (κ1) is 19.4. The molecule has 0 bridgehead atoms. The summed E-state index contributed by atoms with van der Waals surface area (Å²) < 4.78 is 11.4. The number of benzene rings is 1. The first-order valence-corrected chi connectivity index (χ1v) is 9.75. The monoisotopic (exact) mass is 363 g/mol. The van der Waals surface area contributed by atoms with Gasteiger partial charge >= 0.3 is 0 Å². The van der Waals surface area contributed by atoms with Crippen molar-refractivity contribution in [2.45, 2.75) is 25.5 Å². The van der Waals surface area contributed by atoms with E-state index in [1.807, 2.05) is 6.07 Å². The fraction of sp³-hybridized carbons (Fsp3) is 0.700. The van der Waals surface area contributed by atoms with Crippen LogP contribution < -0.4 is 9.47 Å². The number of rotatable bonds is 8. The molecule has 0 saturated carbocycles. The summed E-state index contributed by atoms with van der Waals surface area (Å²) in [7, 11) is 3.79. The molecule has 6 heteroatoms. The van der Waals surface area contributed by atoms with Crippen molar-refractivity contribution in [1.29, 1.82) is 0 Å². The van der Waals surface area contributed by atoms with Crippen LogP contribution in [0.4, 0.5) is 0 Å². The Hall–Kier alpha value is -1.34. The van der Waals surface area contributed by atoms with Gasteiger partial charge in [-0.05, 0) is 50.7 Å². The number of aliphatic hydroxyl groups excluding tert-OH is 1. The number of likely N-dealkylation sites (tertiary alicyclic amines) is 1. The van der Waals surface area contributed by atoms with Crippen LogP contribution in [0.5, 0.6) is 11.5 Å². The molecule has 2 fully saturated rings. The number of hydrogen-bond acceptors (Lipinski definition) is 6. The maximum Gasteiger partial charge on any atom is 0.161 e. The Morgan fingerprint density at radius 1 is 1.00 bits per heavy atom. The van der Waals surface area contributed by atoms with Crippen molar-refractivity contribution in [2.75, 3.05) is 66.6 Å². The van der Waals surface area contributed by atoms with E-state index in [9.17, 15) is 5.11 Å². The van der Waals surface area contributed by atoms with Crippen LogP contribution in [-0.4, -0.2) is 92.5 Å². The first-order valence-electron chi connectivity index (χ1n) is 9.75. The Morgan fingerprint density at radius 2 is 1.73 bits per heavy atom. The number of ether oxygens (including phenoxy) is 2. The van der Waals surface area contributed by atoms with E-state index >= 15 is 0 Å². The highest BCUT2D eigenvalue weighted by molar-refractivity contribution is 5.43. The second-order valence-electron chi connectivity index (χ2n) is 7.54. The normalized spacial score (nSPS) is 21.0. The molecule has 2 aliphatic rings. The molecule has 0 aliphatic carbocycles. The van der Waals surface area contributed by atoms with E-state index in [-0.39, 0.29) is 6.61 Å². The molecule has 1 aromatic carbocycles. The van der Waals surface area contributed by atoms with Gasteiger partial charge in [-0.15, -0.1) is 0 Å². The van der Waals surface area contributed by atoms with E-state index in [1.165, 1.54) is 31.5 Å². The molecule has 2 saturated heterocycles. The minimum Gasteiger partial charge on any atom is -0.493 e. The number of β-amino-alcohol motifs (C(OH)–C–C–N with tert-alkyl or cyclic N) is 1. The van der Waals surface area contributed by atoms with E-state index < -0.39 is 6.10 Å². The van der Waals surface area contributed by atoms with Crippen molar-refractivity contribution in [2.24, 2.45) is 0 Å². The minimum absolute atomic E-state index is 0.288. The van der Waals surface area contributed by atoms with Crippen molar-refractivity contribution in [1.82, 2.24) is 14.7 Å². The van der Waals surface area contributed by atoms with Crippen LogP contribution in [0.1, 0.15) is 18.4 Å². The molecule has 0 aromatic heterocycles. The molecule has 0 spiro atoms. The van der Waals surface area contributed by atoms with Crippen LogP contribution in [0.3, 0.4) is 0 Å². The van der Waals surface area contributed by atoms with Crippen molar-refractivity contribution >= 4 is 0 Å². The van der Waals surface area contributed by atoms with Crippen LogP contribution in [0.2, 0.25) is 0 Å². The predicted molar refractivity (Wildman–Crippen MR) is 103 cm³/mol. The SMILES string of the molecule is COc1ccc(CN2CCCC2)cc1OCC(O)CN1CCN(C)CC1. The molecule has 1 aromatic rings. The summed E-state index contributed by atoms with van der Waals surface area (Å²) in [5.41, 5.74) is 1.23. The number of aliphatic hydroxyl groups is 1. The van der Waals surface area contributed by atoms with Gasteiger partial charge in [0.25, 0.3) is 0 Å². The Kier molecular flexibility index (Phi) is 7.14. The third-order valence-electron chi connectivity index (χ3n) is 5.33. The number of likely N-dealkylation sites (N-methyl/N-ethyl adjacent to an activating group) is 1. The van der Waals surface area contributed by atoms with E-state index in [1.54, 1.807) is 7.11 Å². The van der Waals surface area contributed by atoms with Crippen LogP contribution in [0.15, 0.2) is 18.2 Å². The summed E-state index contributed by atoms with van der Waals surface area (Å²) >= 11 is 0. The van der Waals surface area contributed by atoms with Gasteiger partial charge in [-0.25, -0.2) is 0 Å². The van der Waals surface area contributed by atoms with Crippen molar-refractivity contribution in [3.8, 4) is 11.5 Å². The predicted octanol–water partition coefficient (Wildman–Crippen LogP) is 1.28. The lowest BCUT2D eigenvalue weighted by Crippen LogP contribution is -2.47. The van der Waals surface area contributed by atoms with Crippen molar-refractivity contribution in [3.05, 3.63) is 23.8 Å². The van der Waals surface area contributed by atoms with Crippen molar-refractivity contribution < 1.29 is 14.6 Å². The largest absolute Gasteiger partial charge is 0.493 e. The second kappa shape index (κ2) is 9.55. The van der Waals surface area contributed by atoms with Crippen LogP contribution in [-0.2, 0) is 6.54 Å². The van der Waals surface area contributed by atoms with E-state index in [2.05, 4.69) is 33.9 Å². The summed E-state index contributed by atoms with van der Waals surface area (Å²) in [6.07, 6.45) is 2.08. The third-order valence-corrected chi connectivity index (χ3v) is 5.33. The van der Waals surface area contributed by atoms with Crippen molar-refractivity contribution in [3.63, 3.8) is 0 Å². The molecule has 0 amide bonds. The smallest absolute Gasteiger partial charge is 0.161 e. The summed E-state index contributed by atoms with van der Waals surface area (Å²) in [5, 5.41) is 10.4. The second-order valence-corrected chi connectivity index (χ2v) is 7.54. The lowest BCUT2D eigenvalue weighted by Gasteiger charge is -2.33. The van der Waals surface area contributed by atoms with Crippen LogP contribution in [0, 0.1) is 0 Å². The van der Waals surface area contributed by atoms with Gasteiger partial charge in [0.15, 0.2) is 11.5 Å². The molecule has 1 unspecified atom stereocenters. The van der Waals surface area contributed by atoms with Crippen LogP contribution in [0.25, 0.3) is 0 Å². The maximum atomic E-state index is 10.4. The summed E-state index contributed by atoms with van der Waals surface area (Å²) in [6, 6.07) is 6.12. The molecule has 2 aliphatic heterocycles. The van der Waals surface area contributed by atoms with Gasteiger partial charge in [0, 0.05) is 39.3 Å². The van der Waals surface area contributed by atoms with Gasteiger partial charge in [-0.1, -0.05) is 6.07 Å². The van der Waals surface area contributed by atoms with Gasteiger partial charge < -0.3 is 19.5 Å². The lowest BCUT2D eigenvalue weighted by atomic mass is 10.2. The zero-order valence-electron chi connectivity index (χ0n) is 16.2. The molecule has 6 nitrogen and oxygen atoms in total. The Labute approximate surface area is 157 Å². The standard InChI is InChI=1S/C20H33N3O3/c1-21-9-11-23(12-10-21)15-18(24)16-26-20-13-17(5-6-19(20)25-2)14-22-7-3-4-8-22/h5-6,13,18,24H,3-4,7-12,14-16H2,1-2H3. The van der Waals surface area contributed by atoms with E-state index in [0.29, 0.717) is 6.54 Å². The molecule has 0 radical (unpaired) electrons. The fourth-order valence-electron chi connectivity index (χ4n) is 3.70. The minimum atomic E-state index is -0.495. The number of nitrogens with zero attached hydrogens (tertiary/aromatic N) is 3. The van der Waals surface area contributed by atoms with Gasteiger partial charge in [-0.3, -0.25) is 9.80 Å². The number of hydrogen-bond donors (Lipinski definition) is 1. The fourth-order valence-corrected chi connectivity index (χ4v) is 3.70. The quantitative estimate of drug-likeness (QED) is 0.751. The summed E-state index contributed by atoms with van der Waals surface area (Å²) in [4.78, 5) is 7.08. The van der Waals surface area contributed by atoms with Gasteiger partial charge in [0.1, 0.15) is 12.7 Å². The van der Waals surface area contributed by atoms with Crippen LogP contribution >= 0.6 is 0 Å². The molecule has 3 rings (SSSR count). The highest BCUT2D eigenvalue weighted by Gasteiger charge is 2.18. The molecule has 1 atom stereocenters. The lowest BCUT2D eigenvalue weighted by molar-refractivity contribution is 0.0497. The molecule has 26 heavy (non-hydrogen) atoms. The Bertz CT molecular complexity index is 555. The highest BCUT2D eigenvalue weighted by atomic mass is 16.5. The number of piperazine rings is 1. The molecular formula is C20H33N3O3. The average Bonchev–Trinajstić information content (AvgIpc) is 3.15. The van der Waals surface area contributed by atoms with Gasteiger partial charge in [0.05, 0.1) is 7.11 Å². The molecule has 146 valence electrons. The van der Waals surface area contributed by atoms with E-state index in [4.69, 9.17) is 9.47 Å². The topological polar surface area (TPSA) is 48.4 Å². The zero-order chi connectivity index (χ0) is 18.4. The third kappa shape index (κ3) is 5.58. The zero-order valence-corrected chi connectivity index (χ0v) is 16.2. The van der Waals surface area contributed by atoms with Gasteiger partial charge in [0.2, 0.25) is 0 Å². The maximum absolute atomic E-state index is 10.4. The first-order chi connectivity index (χ1) is 12.6.